The van der Waals surface area contributed by atoms with Crippen molar-refractivity contribution in [2.75, 3.05) is 13.1 Å². The molecule has 1 aromatic heterocycles. The van der Waals surface area contributed by atoms with Crippen molar-refractivity contribution in [3.8, 4) is 0 Å². The number of aldehydes is 1. The molecule has 0 spiro atoms. The van der Waals surface area contributed by atoms with Crippen molar-refractivity contribution >= 4 is 23.1 Å². The normalized spacial score (nSPS) is 29.6. The molecule has 3 aliphatic rings. The Kier molecular flexibility index (Phi) is 2.80. The molecule has 3 atom stereocenters. The van der Waals surface area contributed by atoms with Crippen LogP contribution in [0.2, 0.25) is 0 Å². The predicted octanol–water partition coefficient (Wildman–Crippen LogP) is 2.81. The predicted molar refractivity (Wildman–Crippen MR) is 87.5 cm³/mol. The van der Waals surface area contributed by atoms with Gasteiger partial charge in [0.1, 0.15) is 6.29 Å². The highest BCUT2D eigenvalue weighted by atomic mass is 16.2. The number of rotatable bonds is 2. The smallest absolute Gasteiger partial charge is 0.231 e. The minimum atomic E-state index is 0.234. The van der Waals surface area contributed by atoms with Crippen molar-refractivity contribution < 1.29 is 9.59 Å². The van der Waals surface area contributed by atoms with E-state index in [-0.39, 0.29) is 5.91 Å². The summed E-state index contributed by atoms with van der Waals surface area (Å²) < 4.78 is 2.00. The first-order valence-corrected chi connectivity index (χ1v) is 8.61. The first kappa shape index (κ1) is 13.5. The fourth-order valence-electron chi connectivity index (χ4n) is 5.24. The van der Waals surface area contributed by atoms with E-state index in [1.165, 1.54) is 16.6 Å². The van der Waals surface area contributed by atoms with Crippen LogP contribution < -0.4 is 0 Å². The Hall–Kier alpha value is -1.94. The van der Waals surface area contributed by atoms with Gasteiger partial charge in [0.15, 0.2) is 0 Å². The minimum Gasteiger partial charge on any atom is -0.303 e. The summed E-state index contributed by atoms with van der Waals surface area (Å²) in [5, 5.41) is 1.26. The van der Waals surface area contributed by atoms with Crippen molar-refractivity contribution in [2.24, 2.45) is 11.8 Å². The standard InChI is InChI=1S/C19H20N2O2/c22-8-6-12-9-13-10-17(23)21-16-4-2-1-3-14(16)15-5-7-20(11-12)18(13)19(15)21/h1-4,8,12-13,18H,5-7,9-11H2/t12-,13+,18-/m0/s1. The first-order valence-electron chi connectivity index (χ1n) is 8.61. The zero-order chi connectivity index (χ0) is 15.6. The first-order chi connectivity index (χ1) is 11.3. The average Bonchev–Trinajstić information content (AvgIpc) is 2.89. The molecule has 4 heterocycles. The fourth-order valence-corrected chi connectivity index (χ4v) is 5.24. The van der Waals surface area contributed by atoms with Crippen LogP contribution in [0.3, 0.4) is 0 Å². The Bertz CT molecular complexity index is 822. The van der Waals surface area contributed by atoms with Gasteiger partial charge in [0, 0.05) is 37.0 Å². The number of carbonyl (C=O) groups is 2. The number of carbonyl (C=O) groups excluding carboxylic acids is 2. The highest BCUT2D eigenvalue weighted by Crippen LogP contribution is 2.49. The molecule has 0 bridgehead atoms. The van der Waals surface area contributed by atoms with Crippen LogP contribution >= 0.6 is 0 Å². The molecule has 4 nitrogen and oxygen atoms in total. The van der Waals surface area contributed by atoms with Crippen LogP contribution in [0, 0.1) is 11.8 Å². The topological polar surface area (TPSA) is 42.3 Å². The summed E-state index contributed by atoms with van der Waals surface area (Å²) in [5.74, 6) is 1.02. The average molecular weight is 308 g/mol. The van der Waals surface area contributed by atoms with Gasteiger partial charge in [0.2, 0.25) is 5.91 Å². The van der Waals surface area contributed by atoms with Crippen molar-refractivity contribution in [3.63, 3.8) is 0 Å². The second-order valence-corrected chi connectivity index (χ2v) is 7.27. The molecule has 118 valence electrons. The lowest BCUT2D eigenvalue weighted by Gasteiger charge is -2.49. The monoisotopic (exact) mass is 308 g/mol. The lowest BCUT2D eigenvalue weighted by Crippen LogP contribution is -2.50. The molecule has 0 amide bonds. The highest BCUT2D eigenvalue weighted by Gasteiger charge is 2.46. The van der Waals surface area contributed by atoms with Crippen LogP contribution in [-0.4, -0.2) is 34.7 Å². The molecule has 1 fully saturated rings. The van der Waals surface area contributed by atoms with Gasteiger partial charge in [-0.1, -0.05) is 18.2 Å². The maximum atomic E-state index is 12.8. The van der Waals surface area contributed by atoms with Gasteiger partial charge in [-0.3, -0.25) is 14.3 Å². The largest absolute Gasteiger partial charge is 0.303 e. The highest BCUT2D eigenvalue weighted by molar-refractivity contribution is 5.97. The number of nitrogens with zero attached hydrogens (tertiary/aromatic N) is 2. The second kappa shape index (κ2) is 4.78. The number of aromatic nitrogens is 1. The lowest BCUT2D eigenvalue weighted by atomic mass is 9.74. The van der Waals surface area contributed by atoms with Gasteiger partial charge in [0.05, 0.1) is 11.6 Å². The summed E-state index contributed by atoms with van der Waals surface area (Å²) in [5.41, 5.74) is 3.72. The minimum absolute atomic E-state index is 0.234. The Morgan fingerprint density at radius 1 is 1.26 bits per heavy atom. The Morgan fingerprint density at radius 3 is 3.00 bits per heavy atom. The van der Waals surface area contributed by atoms with Gasteiger partial charge in [-0.25, -0.2) is 0 Å². The third-order valence-corrected chi connectivity index (χ3v) is 6.03. The van der Waals surface area contributed by atoms with Crippen molar-refractivity contribution in [2.45, 2.75) is 31.7 Å². The molecule has 1 saturated heterocycles. The quantitative estimate of drug-likeness (QED) is 0.801. The summed E-state index contributed by atoms with van der Waals surface area (Å²) in [4.78, 5) is 26.3. The van der Waals surface area contributed by atoms with Crippen LogP contribution in [0.1, 0.15) is 41.4 Å². The third-order valence-electron chi connectivity index (χ3n) is 6.03. The molecule has 0 saturated carbocycles. The number of hydrogen-bond donors (Lipinski definition) is 0. The Labute approximate surface area is 135 Å². The van der Waals surface area contributed by atoms with Gasteiger partial charge in [-0.2, -0.15) is 0 Å². The van der Waals surface area contributed by atoms with E-state index in [1.807, 2.05) is 10.6 Å². The molecular weight excluding hydrogens is 288 g/mol. The maximum Gasteiger partial charge on any atom is 0.231 e. The van der Waals surface area contributed by atoms with Crippen LogP contribution in [0.25, 0.3) is 10.9 Å². The van der Waals surface area contributed by atoms with E-state index in [0.717, 1.165) is 37.7 Å². The molecule has 0 aliphatic carbocycles. The lowest BCUT2D eigenvalue weighted by molar-refractivity contribution is -0.109. The summed E-state index contributed by atoms with van der Waals surface area (Å²) in [6.45, 7) is 2.04. The van der Waals surface area contributed by atoms with E-state index in [0.29, 0.717) is 30.7 Å². The SMILES string of the molecule is O=CC[C@H]1C[C@@H]2CC(=O)n3c4c(c5ccccc53)CCN(C1)[C@H]42. The second-order valence-electron chi connectivity index (χ2n) is 7.27. The zero-order valence-corrected chi connectivity index (χ0v) is 13.1. The van der Waals surface area contributed by atoms with Crippen LogP contribution in [-0.2, 0) is 11.2 Å². The van der Waals surface area contributed by atoms with Gasteiger partial charge >= 0.3 is 0 Å². The molecule has 0 radical (unpaired) electrons. The summed E-state index contributed by atoms with van der Waals surface area (Å²) >= 11 is 0. The molecule has 0 N–H and O–H groups in total. The third kappa shape index (κ3) is 1.75. The molecule has 0 unspecified atom stereocenters. The number of para-hydroxylation sites is 1. The maximum absolute atomic E-state index is 12.8. The number of piperidine rings is 1. The van der Waals surface area contributed by atoms with Crippen molar-refractivity contribution in [1.82, 2.24) is 9.47 Å². The molecule has 5 rings (SSSR count). The molecular formula is C19H20N2O2. The van der Waals surface area contributed by atoms with E-state index in [1.54, 1.807) is 0 Å². The number of benzene rings is 1. The fraction of sp³-hybridized carbons (Fsp3) is 0.474. The van der Waals surface area contributed by atoms with Gasteiger partial charge in [-0.15, -0.1) is 0 Å². The summed E-state index contributed by atoms with van der Waals surface area (Å²) in [7, 11) is 0. The summed E-state index contributed by atoms with van der Waals surface area (Å²) in [6.07, 6.45) is 4.30. The van der Waals surface area contributed by atoms with E-state index in [9.17, 15) is 9.59 Å². The van der Waals surface area contributed by atoms with Gasteiger partial charge < -0.3 is 4.79 Å². The van der Waals surface area contributed by atoms with E-state index >= 15 is 0 Å². The van der Waals surface area contributed by atoms with Gasteiger partial charge in [-0.05, 0) is 36.3 Å². The Morgan fingerprint density at radius 2 is 2.13 bits per heavy atom. The Balaban J connectivity index is 1.70. The van der Waals surface area contributed by atoms with Gasteiger partial charge in [0.25, 0.3) is 0 Å². The van der Waals surface area contributed by atoms with Crippen LogP contribution in [0.5, 0.6) is 0 Å². The molecule has 1 aromatic carbocycles. The molecule has 2 aromatic rings. The van der Waals surface area contributed by atoms with Crippen LogP contribution in [0.4, 0.5) is 0 Å². The van der Waals surface area contributed by atoms with E-state index in [4.69, 9.17) is 0 Å². The van der Waals surface area contributed by atoms with Crippen molar-refractivity contribution in [1.29, 1.82) is 0 Å². The summed E-state index contributed by atoms with van der Waals surface area (Å²) in [6, 6.07) is 8.70. The number of hydrogen-bond acceptors (Lipinski definition) is 3. The molecule has 23 heavy (non-hydrogen) atoms. The molecule has 3 aliphatic heterocycles. The van der Waals surface area contributed by atoms with Crippen LogP contribution in [0.15, 0.2) is 24.3 Å². The van der Waals surface area contributed by atoms with Crippen molar-refractivity contribution in [3.05, 3.63) is 35.5 Å². The zero-order valence-electron chi connectivity index (χ0n) is 13.1. The number of fused-ring (bicyclic) bond motifs is 3. The molecule has 4 heteroatoms. The van der Waals surface area contributed by atoms with E-state index in [2.05, 4.69) is 23.1 Å². The van der Waals surface area contributed by atoms with E-state index < -0.39 is 0 Å².